The largest absolute Gasteiger partial charge is 0.481 e. The van der Waals surface area contributed by atoms with Gasteiger partial charge in [-0.1, -0.05) is 0 Å². The molecule has 26 heavy (non-hydrogen) atoms. The zero-order valence-electron chi connectivity index (χ0n) is 14.6. The minimum atomic E-state index is -1.36. The van der Waals surface area contributed by atoms with E-state index in [2.05, 4.69) is 10.6 Å². The molecule has 6 N–H and O–H groups in total. The second kappa shape index (κ2) is 9.13. The molecule has 1 fully saturated rings. The van der Waals surface area contributed by atoms with E-state index < -0.39 is 60.2 Å². The second-order valence-corrected chi connectivity index (χ2v) is 6.21. The molecule has 1 aliphatic rings. The van der Waals surface area contributed by atoms with Crippen molar-refractivity contribution in [1.82, 2.24) is 15.5 Å². The predicted octanol–water partition coefficient (Wildman–Crippen LogP) is -2.13. The fourth-order valence-corrected chi connectivity index (χ4v) is 2.55. The number of carboxylic acid groups (broad SMARTS) is 2. The molecule has 1 saturated heterocycles. The average molecular weight is 372 g/mol. The van der Waals surface area contributed by atoms with Gasteiger partial charge in [-0.05, 0) is 26.7 Å². The molecule has 3 amide bonds. The Labute approximate surface area is 149 Å². The highest BCUT2D eigenvalue weighted by atomic mass is 16.4. The molecule has 0 spiro atoms. The average Bonchev–Trinajstić information content (AvgIpc) is 3.02. The van der Waals surface area contributed by atoms with Gasteiger partial charge >= 0.3 is 11.9 Å². The number of hydrogen-bond donors (Lipinski definition) is 5. The van der Waals surface area contributed by atoms with Gasteiger partial charge < -0.3 is 31.5 Å². The van der Waals surface area contributed by atoms with Gasteiger partial charge in [0.05, 0.1) is 12.5 Å². The minimum Gasteiger partial charge on any atom is -0.481 e. The van der Waals surface area contributed by atoms with Crippen molar-refractivity contribution in [3.63, 3.8) is 0 Å². The van der Waals surface area contributed by atoms with Gasteiger partial charge in [0.2, 0.25) is 17.7 Å². The predicted molar refractivity (Wildman–Crippen MR) is 87.8 cm³/mol. The van der Waals surface area contributed by atoms with Crippen LogP contribution in [0.4, 0.5) is 0 Å². The summed E-state index contributed by atoms with van der Waals surface area (Å²) in [6.07, 6.45) is 0.144. The van der Waals surface area contributed by atoms with Gasteiger partial charge in [0.15, 0.2) is 0 Å². The van der Waals surface area contributed by atoms with Crippen molar-refractivity contribution >= 4 is 29.7 Å². The summed E-state index contributed by atoms with van der Waals surface area (Å²) in [6, 6.07) is -4.36. The Morgan fingerprint density at radius 1 is 1.15 bits per heavy atom. The third-order valence-corrected chi connectivity index (χ3v) is 3.97. The van der Waals surface area contributed by atoms with E-state index in [1.807, 2.05) is 0 Å². The van der Waals surface area contributed by atoms with E-state index in [1.54, 1.807) is 0 Å². The van der Waals surface area contributed by atoms with Crippen LogP contribution in [0.5, 0.6) is 0 Å². The molecule has 0 aliphatic carbocycles. The number of carbonyl (C=O) groups excluding carboxylic acids is 3. The van der Waals surface area contributed by atoms with E-state index in [9.17, 15) is 24.0 Å². The normalized spacial score (nSPS) is 20.0. The van der Waals surface area contributed by atoms with E-state index in [-0.39, 0.29) is 6.54 Å². The number of aliphatic carboxylic acids is 2. The standard InChI is InChI=1S/C15H24N4O7/c1-7(16)12(22)18-9(6-11(20)21)14(24)19-5-3-4-10(19)13(23)17-8(2)15(25)26/h7-10H,3-6,16H2,1-2H3,(H,17,23)(H,18,22)(H,20,21)(H,25,26). The van der Waals surface area contributed by atoms with Crippen LogP contribution in [0.25, 0.3) is 0 Å². The quantitative estimate of drug-likeness (QED) is 0.320. The zero-order chi connectivity index (χ0) is 20.0. The third-order valence-electron chi connectivity index (χ3n) is 3.97. The Balaban J connectivity index is 2.90. The van der Waals surface area contributed by atoms with Crippen LogP contribution < -0.4 is 16.4 Å². The van der Waals surface area contributed by atoms with Crippen molar-refractivity contribution in [2.75, 3.05) is 6.54 Å². The van der Waals surface area contributed by atoms with Crippen LogP contribution >= 0.6 is 0 Å². The lowest BCUT2D eigenvalue weighted by molar-refractivity contribution is -0.147. The highest BCUT2D eigenvalue weighted by Crippen LogP contribution is 2.19. The van der Waals surface area contributed by atoms with Gasteiger partial charge in [0.25, 0.3) is 0 Å². The molecular weight excluding hydrogens is 348 g/mol. The number of hydrogen-bond acceptors (Lipinski definition) is 6. The maximum absolute atomic E-state index is 12.7. The van der Waals surface area contributed by atoms with Crippen molar-refractivity contribution in [3.05, 3.63) is 0 Å². The number of nitrogens with two attached hydrogens (primary N) is 1. The number of carbonyl (C=O) groups is 5. The van der Waals surface area contributed by atoms with Gasteiger partial charge in [-0.3, -0.25) is 24.0 Å². The molecule has 4 atom stereocenters. The number of rotatable bonds is 8. The first kappa shape index (κ1) is 21.4. The van der Waals surface area contributed by atoms with Gasteiger partial charge in [-0.15, -0.1) is 0 Å². The van der Waals surface area contributed by atoms with E-state index in [0.717, 1.165) is 0 Å². The van der Waals surface area contributed by atoms with Gasteiger partial charge in [0.1, 0.15) is 18.1 Å². The molecule has 11 nitrogen and oxygen atoms in total. The van der Waals surface area contributed by atoms with E-state index in [0.29, 0.717) is 12.8 Å². The van der Waals surface area contributed by atoms with Crippen LogP contribution in [0.2, 0.25) is 0 Å². The number of nitrogens with one attached hydrogen (secondary N) is 2. The van der Waals surface area contributed by atoms with Crippen molar-refractivity contribution < 1.29 is 34.2 Å². The highest BCUT2D eigenvalue weighted by molar-refractivity contribution is 5.95. The van der Waals surface area contributed by atoms with Gasteiger partial charge in [0, 0.05) is 6.54 Å². The van der Waals surface area contributed by atoms with Crippen LogP contribution in [-0.2, 0) is 24.0 Å². The fraction of sp³-hybridized carbons (Fsp3) is 0.667. The van der Waals surface area contributed by atoms with Crippen LogP contribution in [0.3, 0.4) is 0 Å². The van der Waals surface area contributed by atoms with Crippen molar-refractivity contribution in [3.8, 4) is 0 Å². The van der Waals surface area contributed by atoms with Crippen LogP contribution in [0.1, 0.15) is 33.1 Å². The summed E-state index contributed by atoms with van der Waals surface area (Å²) in [7, 11) is 0. The lowest BCUT2D eigenvalue weighted by Crippen LogP contribution is -2.56. The zero-order valence-corrected chi connectivity index (χ0v) is 14.6. The molecule has 0 aromatic carbocycles. The minimum absolute atomic E-state index is 0.197. The maximum Gasteiger partial charge on any atom is 0.325 e. The maximum atomic E-state index is 12.7. The molecule has 1 heterocycles. The number of nitrogens with zero attached hydrogens (tertiary/aromatic N) is 1. The molecule has 0 bridgehead atoms. The second-order valence-electron chi connectivity index (χ2n) is 6.21. The SMILES string of the molecule is CC(N)C(=O)NC(CC(=O)O)C(=O)N1CCCC1C(=O)NC(C)C(=O)O. The molecule has 0 aromatic heterocycles. The smallest absolute Gasteiger partial charge is 0.325 e. The van der Waals surface area contributed by atoms with Crippen LogP contribution in [0, 0.1) is 0 Å². The van der Waals surface area contributed by atoms with Gasteiger partial charge in [-0.25, -0.2) is 0 Å². The number of carboxylic acids is 2. The summed E-state index contributed by atoms with van der Waals surface area (Å²) < 4.78 is 0. The Bertz CT molecular complexity index is 593. The molecule has 1 rings (SSSR count). The molecule has 146 valence electrons. The first-order chi connectivity index (χ1) is 12.0. The first-order valence-corrected chi connectivity index (χ1v) is 8.16. The fourth-order valence-electron chi connectivity index (χ4n) is 2.55. The Kier molecular flexibility index (Phi) is 7.50. The van der Waals surface area contributed by atoms with E-state index in [4.69, 9.17) is 15.9 Å². The van der Waals surface area contributed by atoms with Crippen molar-refractivity contribution in [2.45, 2.75) is 57.3 Å². The molecule has 0 aromatic rings. The van der Waals surface area contributed by atoms with E-state index >= 15 is 0 Å². The molecule has 4 unspecified atom stereocenters. The summed E-state index contributed by atoms with van der Waals surface area (Å²) >= 11 is 0. The van der Waals surface area contributed by atoms with E-state index in [1.165, 1.54) is 18.7 Å². The molecule has 11 heteroatoms. The summed E-state index contributed by atoms with van der Waals surface area (Å²) in [5.41, 5.74) is 5.42. The molecular formula is C15H24N4O7. The monoisotopic (exact) mass is 372 g/mol. The summed E-state index contributed by atoms with van der Waals surface area (Å²) in [5.74, 6) is -4.57. The number of likely N-dealkylation sites (tertiary alicyclic amines) is 1. The van der Waals surface area contributed by atoms with Crippen LogP contribution in [0.15, 0.2) is 0 Å². The lowest BCUT2D eigenvalue weighted by Gasteiger charge is -2.28. The highest BCUT2D eigenvalue weighted by Gasteiger charge is 2.39. The lowest BCUT2D eigenvalue weighted by atomic mass is 10.1. The Hall–Kier alpha value is -2.69. The van der Waals surface area contributed by atoms with Crippen molar-refractivity contribution in [1.29, 1.82) is 0 Å². The summed E-state index contributed by atoms with van der Waals surface area (Å²) in [4.78, 5) is 59.7. The number of amides is 3. The first-order valence-electron chi connectivity index (χ1n) is 8.16. The van der Waals surface area contributed by atoms with Gasteiger partial charge in [-0.2, -0.15) is 0 Å². The molecule has 0 radical (unpaired) electrons. The summed E-state index contributed by atoms with van der Waals surface area (Å²) in [6.45, 7) is 2.87. The Morgan fingerprint density at radius 3 is 2.27 bits per heavy atom. The summed E-state index contributed by atoms with van der Waals surface area (Å²) in [5, 5.41) is 22.4. The molecule has 1 aliphatic heterocycles. The third kappa shape index (κ3) is 5.69. The topological polar surface area (TPSA) is 179 Å². The van der Waals surface area contributed by atoms with Crippen molar-refractivity contribution in [2.24, 2.45) is 5.73 Å². The molecule has 0 saturated carbocycles. The Morgan fingerprint density at radius 2 is 1.77 bits per heavy atom. The van der Waals surface area contributed by atoms with Crippen LogP contribution in [-0.4, -0.2) is 75.5 Å².